The highest BCUT2D eigenvalue weighted by molar-refractivity contribution is 7.92. The lowest BCUT2D eigenvalue weighted by Crippen LogP contribution is -2.19. The Morgan fingerprint density at radius 2 is 1.80 bits per heavy atom. The Balaban J connectivity index is 2.42. The minimum atomic E-state index is -3.36. The Labute approximate surface area is 146 Å². The summed E-state index contributed by atoms with van der Waals surface area (Å²) >= 11 is 0. The lowest BCUT2D eigenvalue weighted by molar-refractivity contribution is 0.0993. The maximum atomic E-state index is 12.2. The molecule has 134 valence electrons. The smallest absolute Gasteiger partial charge is 0.271 e. The number of ether oxygens (including phenoxy) is 1. The number of sulfone groups is 1. The minimum Gasteiger partial charge on any atom is -0.382 e. The maximum absolute atomic E-state index is 12.2. The van der Waals surface area contributed by atoms with Gasteiger partial charge in [-0.3, -0.25) is 4.79 Å². The monoisotopic (exact) mass is 364 g/mol. The van der Waals surface area contributed by atoms with Gasteiger partial charge >= 0.3 is 0 Å². The number of rotatable bonds is 6. The topological polar surface area (TPSA) is 138 Å². The third-order valence-corrected chi connectivity index (χ3v) is 5.86. The number of hydrogen-bond donors (Lipinski definition) is 2. The molecular weight excluding hydrogens is 344 g/mol. The van der Waals surface area contributed by atoms with E-state index >= 15 is 0 Å². The number of primary amides is 1. The Morgan fingerprint density at radius 1 is 1.20 bits per heavy atom. The second-order valence-electron chi connectivity index (χ2n) is 5.67. The van der Waals surface area contributed by atoms with Gasteiger partial charge in [-0.05, 0) is 31.5 Å². The highest BCUT2D eigenvalue weighted by Crippen LogP contribution is 2.26. The zero-order valence-electron chi connectivity index (χ0n) is 14.1. The van der Waals surface area contributed by atoms with E-state index in [0.29, 0.717) is 11.3 Å². The largest absolute Gasteiger partial charge is 0.382 e. The van der Waals surface area contributed by atoms with Crippen LogP contribution in [0.2, 0.25) is 0 Å². The van der Waals surface area contributed by atoms with Crippen LogP contribution in [-0.2, 0) is 14.6 Å². The van der Waals surface area contributed by atoms with Gasteiger partial charge in [0.2, 0.25) is 0 Å². The maximum Gasteiger partial charge on any atom is 0.271 e. The van der Waals surface area contributed by atoms with Crippen molar-refractivity contribution in [2.45, 2.75) is 30.1 Å². The summed E-state index contributed by atoms with van der Waals surface area (Å²) in [5.41, 5.74) is 11.7. The van der Waals surface area contributed by atoms with Crippen LogP contribution in [0.3, 0.4) is 0 Å². The van der Waals surface area contributed by atoms with Crippen molar-refractivity contribution in [3.05, 3.63) is 47.4 Å². The molecule has 0 aliphatic carbocycles. The Kier molecular flexibility index (Phi) is 5.39. The van der Waals surface area contributed by atoms with E-state index in [4.69, 9.17) is 16.2 Å². The number of hydrogen-bond acceptors (Lipinski definition) is 7. The Bertz CT molecular complexity index is 880. The summed E-state index contributed by atoms with van der Waals surface area (Å²) in [6.45, 7) is 3.24. The van der Waals surface area contributed by atoms with Gasteiger partial charge in [-0.25, -0.2) is 18.4 Å². The molecule has 0 fully saturated rings. The number of nitrogen functional groups attached to an aromatic ring is 1. The van der Waals surface area contributed by atoms with Crippen LogP contribution < -0.4 is 11.5 Å². The third-order valence-electron chi connectivity index (χ3n) is 3.69. The van der Waals surface area contributed by atoms with Crippen LogP contribution in [0, 0.1) is 0 Å². The van der Waals surface area contributed by atoms with Crippen molar-refractivity contribution in [3.8, 4) is 0 Å². The van der Waals surface area contributed by atoms with Crippen LogP contribution in [0.15, 0.2) is 35.4 Å². The summed E-state index contributed by atoms with van der Waals surface area (Å²) in [6.07, 6.45) is 0.733. The van der Waals surface area contributed by atoms with Gasteiger partial charge in [0, 0.05) is 7.11 Å². The fraction of sp³-hybridized carbons (Fsp3) is 0.312. The van der Waals surface area contributed by atoms with Gasteiger partial charge in [0.1, 0.15) is 6.10 Å². The highest BCUT2D eigenvalue weighted by Gasteiger charge is 2.22. The second-order valence-corrected chi connectivity index (χ2v) is 8.18. The lowest BCUT2D eigenvalue weighted by atomic mass is 10.1. The summed E-state index contributed by atoms with van der Waals surface area (Å²) in [4.78, 5) is 19.6. The number of anilines is 1. The molecule has 1 aromatic carbocycles. The fourth-order valence-electron chi connectivity index (χ4n) is 2.25. The number of methoxy groups -OCH3 is 1. The summed E-state index contributed by atoms with van der Waals surface area (Å²) in [5, 5.41) is -0.516. The molecule has 0 aliphatic rings. The number of benzene rings is 1. The first kappa shape index (κ1) is 18.8. The number of nitrogens with zero attached hydrogens (tertiary/aromatic N) is 2. The van der Waals surface area contributed by atoms with Crippen molar-refractivity contribution in [1.29, 1.82) is 0 Å². The van der Waals surface area contributed by atoms with Crippen molar-refractivity contribution in [2.24, 2.45) is 5.73 Å². The molecule has 1 aromatic heterocycles. The van der Waals surface area contributed by atoms with E-state index in [1.165, 1.54) is 25.4 Å². The van der Waals surface area contributed by atoms with Crippen LogP contribution in [0.25, 0.3) is 0 Å². The predicted molar refractivity (Wildman–Crippen MR) is 92.6 cm³/mol. The van der Waals surface area contributed by atoms with Gasteiger partial charge in [-0.1, -0.05) is 12.1 Å². The number of nitrogens with two attached hydrogens (primary N) is 2. The van der Waals surface area contributed by atoms with E-state index < -0.39 is 27.1 Å². The van der Waals surface area contributed by atoms with Crippen LogP contribution in [-0.4, -0.2) is 36.7 Å². The number of amides is 1. The van der Waals surface area contributed by atoms with Crippen LogP contribution >= 0.6 is 0 Å². The zero-order chi connectivity index (χ0) is 18.8. The van der Waals surface area contributed by atoms with Gasteiger partial charge in [0.25, 0.3) is 5.91 Å². The van der Waals surface area contributed by atoms with Crippen molar-refractivity contribution < 1.29 is 17.9 Å². The Morgan fingerprint density at radius 3 is 2.28 bits per heavy atom. The number of carbonyl (C=O) groups excluding carboxylic acids is 1. The van der Waals surface area contributed by atoms with E-state index in [1.807, 2.05) is 0 Å². The van der Waals surface area contributed by atoms with Crippen molar-refractivity contribution in [3.63, 3.8) is 0 Å². The molecule has 1 heterocycles. The quantitative estimate of drug-likeness (QED) is 0.782. The van der Waals surface area contributed by atoms with Gasteiger partial charge in [-0.2, -0.15) is 0 Å². The molecule has 1 amide bonds. The molecular formula is C16H20N4O4S. The van der Waals surface area contributed by atoms with Gasteiger partial charge in [-0.15, -0.1) is 0 Å². The van der Waals surface area contributed by atoms with E-state index in [-0.39, 0.29) is 16.4 Å². The molecule has 1 atom stereocenters. The van der Waals surface area contributed by atoms with E-state index in [9.17, 15) is 13.2 Å². The molecule has 25 heavy (non-hydrogen) atoms. The fourth-order valence-corrected chi connectivity index (χ4v) is 3.31. The standard InChI is InChI=1S/C16H20N4O4S/c1-9(2)25(22,23)11-6-4-10(5-7-11)14(24-3)12-8-19-15(17)13(20-12)16(18)21/h4-9,14H,1-3H3,(H2,17,19)(H2,18,21). The summed E-state index contributed by atoms with van der Waals surface area (Å²) in [7, 11) is -1.90. The molecule has 0 bridgehead atoms. The molecule has 4 N–H and O–H groups in total. The average molecular weight is 364 g/mol. The zero-order valence-corrected chi connectivity index (χ0v) is 14.9. The average Bonchev–Trinajstić information content (AvgIpc) is 2.57. The van der Waals surface area contributed by atoms with Crippen molar-refractivity contribution in [2.75, 3.05) is 12.8 Å². The van der Waals surface area contributed by atoms with Gasteiger partial charge < -0.3 is 16.2 Å². The van der Waals surface area contributed by atoms with E-state index in [0.717, 1.165) is 0 Å². The first-order valence-corrected chi connectivity index (χ1v) is 9.02. The van der Waals surface area contributed by atoms with Gasteiger partial charge in [0.05, 0.1) is 22.0 Å². The lowest BCUT2D eigenvalue weighted by Gasteiger charge is -2.17. The van der Waals surface area contributed by atoms with E-state index in [2.05, 4.69) is 9.97 Å². The summed E-state index contributed by atoms with van der Waals surface area (Å²) in [5.74, 6) is -0.857. The van der Waals surface area contributed by atoms with Crippen LogP contribution in [0.1, 0.15) is 41.7 Å². The summed E-state index contributed by atoms with van der Waals surface area (Å²) in [6, 6.07) is 6.28. The van der Waals surface area contributed by atoms with E-state index in [1.54, 1.807) is 26.0 Å². The molecule has 0 saturated heterocycles. The molecule has 8 nitrogen and oxygen atoms in total. The van der Waals surface area contributed by atoms with Crippen molar-refractivity contribution >= 4 is 21.6 Å². The molecule has 1 unspecified atom stereocenters. The minimum absolute atomic E-state index is 0.0653. The predicted octanol–water partition coefficient (Wildman–Crippen LogP) is 1.08. The van der Waals surface area contributed by atoms with Gasteiger partial charge in [0.15, 0.2) is 21.3 Å². The summed E-state index contributed by atoms with van der Waals surface area (Å²) < 4.78 is 29.8. The normalized spacial score (nSPS) is 13.0. The highest BCUT2D eigenvalue weighted by atomic mass is 32.2. The molecule has 2 aromatic rings. The number of carbonyl (C=O) groups is 1. The molecule has 9 heteroatoms. The van der Waals surface area contributed by atoms with Crippen LogP contribution in [0.4, 0.5) is 5.82 Å². The first-order valence-electron chi connectivity index (χ1n) is 7.47. The molecule has 0 radical (unpaired) electrons. The Hall–Kier alpha value is -2.52. The first-order chi connectivity index (χ1) is 11.7. The molecule has 2 rings (SSSR count). The third kappa shape index (κ3) is 3.77. The van der Waals surface area contributed by atoms with Crippen LogP contribution in [0.5, 0.6) is 0 Å². The van der Waals surface area contributed by atoms with Crippen molar-refractivity contribution in [1.82, 2.24) is 9.97 Å². The SMILES string of the molecule is COC(c1ccc(S(=O)(=O)C(C)C)cc1)c1cnc(N)c(C(N)=O)n1. The number of aromatic nitrogens is 2. The molecule has 0 saturated carbocycles. The second kappa shape index (κ2) is 7.16. The molecule has 0 spiro atoms. The molecule has 0 aliphatic heterocycles.